The van der Waals surface area contributed by atoms with Crippen molar-refractivity contribution in [1.29, 1.82) is 0 Å². The van der Waals surface area contributed by atoms with Gasteiger partial charge in [0.25, 0.3) is 0 Å². The van der Waals surface area contributed by atoms with Gasteiger partial charge in [-0.15, -0.1) is 5.10 Å². The Morgan fingerprint density at radius 3 is 2.61 bits per heavy atom. The Morgan fingerprint density at radius 1 is 1.13 bits per heavy atom. The van der Waals surface area contributed by atoms with Crippen molar-refractivity contribution >= 4 is 45.9 Å². The molecule has 0 radical (unpaired) electrons. The monoisotopic (exact) mass is 437 g/mol. The number of rotatable bonds is 5. The van der Waals surface area contributed by atoms with Crippen LogP contribution in [0.15, 0.2) is 59.8 Å². The molecule has 0 aliphatic carbocycles. The summed E-state index contributed by atoms with van der Waals surface area (Å²) in [6, 6.07) is 17.2. The van der Waals surface area contributed by atoms with E-state index in [2.05, 4.69) is 43.4 Å². The number of carbonyl (C=O) groups is 1. The largest absolute Gasteiger partial charge is 0.325 e. The van der Waals surface area contributed by atoms with E-state index in [-0.39, 0.29) is 11.7 Å². The molecular weight excluding hydrogens is 425 g/mol. The molecule has 0 saturated heterocycles. The van der Waals surface area contributed by atoms with Gasteiger partial charge in [-0.1, -0.05) is 30.0 Å². The molecule has 0 saturated carbocycles. The Labute approximate surface area is 150 Å². The first-order valence-corrected chi connectivity index (χ1v) is 8.81. The molecule has 23 heavy (non-hydrogen) atoms. The summed E-state index contributed by atoms with van der Waals surface area (Å²) in [6.07, 6.45) is 0. The lowest BCUT2D eigenvalue weighted by atomic mass is 10.3. The predicted molar refractivity (Wildman–Crippen MR) is 97.7 cm³/mol. The average molecular weight is 437 g/mol. The predicted octanol–water partition coefficient (Wildman–Crippen LogP) is 3.00. The second-order valence-corrected chi connectivity index (χ2v) is 6.74. The fourth-order valence-corrected chi connectivity index (χ4v) is 2.91. The maximum atomic E-state index is 12.0. The first-order chi connectivity index (χ1) is 11.2. The second kappa shape index (κ2) is 7.55. The van der Waals surface area contributed by atoms with Crippen LogP contribution in [0.2, 0.25) is 0 Å². The average Bonchev–Trinajstić information content (AvgIpc) is 3.04. The SMILES string of the molecule is O=C(CSc1nnnn1-c1ccccc1)Nc1ccc(I)cc1. The molecule has 0 atom stereocenters. The quantitative estimate of drug-likeness (QED) is 0.491. The number of carbonyl (C=O) groups excluding carboxylic acids is 1. The van der Waals surface area contributed by atoms with Gasteiger partial charge in [-0.05, 0) is 69.4 Å². The van der Waals surface area contributed by atoms with E-state index >= 15 is 0 Å². The van der Waals surface area contributed by atoms with Crippen molar-refractivity contribution in [1.82, 2.24) is 20.2 Å². The third kappa shape index (κ3) is 4.29. The first-order valence-electron chi connectivity index (χ1n) is 6.74. The first kappa shape index (κ1) is 15.9. The molecule has 116 valence electrons. The maximum absolute atomic E-state index is 12.0. The van der Waals surface area contributed by atoms with Gasteiger partial charge in [-0.2, -0.15) is 4.68 Å². The third-order valence-electron chi connectivity index (χ3n) is 2.90. The van der Waals surface area contributed by atoms with Gasteiger partial charge in [0.1, 0.15) is 0 Å². The summed E-state index contributed by atoms with van der Waals surface area (Å²) in [5, 5.41) is 15.0. The van der Waals surface area contributed by atoms with Gasteiger partial charge in [0.05, 0.1) is 11.4 Å². The number of nitrogens with one attached hydrogen (secondary N) is 1. The summed E-state index contributed by atoms with van der Waals surface area (Å²) >= 11 is 3.51. The number of tetrazole rings is 1. The van der Waals surface area contributed by atoms with Crippen LogP contribution in [0, 0.1) is 3.57 Å². The summed E-state index contributed by atoms with van der Waals surface area (Å²) in [5.41, 5.74) is 1.64. The van der Waals surface area contributed by atoms with E-state index in [0.717, 1.165) is 14.9 Å². The highest BCUT2D eigenvalue weighted by Crippen LogP contribution is 2.18. The molecule has 1 heterocycles. The van der Waals surface area contributed by atoms with Gasteiger partial charge in [-0.25, -0.2) is 0 Å². The van der Waals surface area contributed by atoms with E-state index in [1.807, 2.05) is 54.6 Å². The Kier molecular flexibility index (Phi) is 5.23. The van der Waals surface area contributed by atoms with Crippen LogP contribution in [0.3, 0.4) is 0 Å². The van der Waals surface area contributed by atoms with Crippen LogP contribution in [0.4, 0.5) is 5.69 Å². The van der Waals surface area contributed by atoms with E-state index in [1.165, 1.54) is 11.8 Å². The number of aromatic nitrogens is 4. The molecule has 3 rings (SSSR count). The van der Waals surface area contributed by atoms with Crippen LogP contribution in [0.5, 0.6) is 0 Å². The normalized spacial score (nSPS) is 10.5. The number of hydrogen-bond acceptors (Lipinski definition) is 5. The molecule has 0 aliphatic rings. The van der Waals surface area contributed by atoms with Crippen molar-refractivity contribution in [2.75, 3.05) is 11.1 Å². The van der Waals surface area contributed by atoms with Crippen molar-refractivity contribution < 1.29 is 4.79 Å². The van der Waals surface area contributed by atoms with E-state index in [1.54, 1.807) is 4.68 Å². The molecule has 3 aromatic rings. The molecule has 0 spiro atoms. The van der Waals surface area contributed by atoms with Gasteiger partial charge >= 0.3 is 0 Å². The molecule has 6 nitrogen and oxygen atoms in total. The van der Waals surface area contributed by atoms with Gasteiger partial charge < -0.3 is 5.32 Å². The topological polar surface area (TPSA) is 72.7 Å². The van der Waals surface area contributed by atoms with E-state index in [4.69, 9.17) is 0 Å². The summed E-state index contributed by atoms with van der Waals surface area (Å²) < 4.78 is 2.74. The van der Waals surface area contributed by atoms with E-state index < -0.39 is 0 Å². The smallest absolute Gasteiger partial charge is 0.234 e. The standard InChI is InChI=1S/C15H12IN5OS/c16-11-6-8-12(9-7-11)17-14(22)10-23-15-18-19-20-21(15)13-4-2-1-3-5-13/h1-9H,10H2,(H,17,22). The number of nitrogens with zero attached hydrogens (tertiary/aromatic N) is 4. The highest BCUT2D eigenvalue weighted by Gasteiger charge is 2.11. The minimum atomic E-state index is -0.0983. The molecule has 0 unspecified atom stereocenters. The molecular formula is C15H12IN5OS. The number of anilines is 1. The minimum Gasteiger partial charge on any atom is -0.325 e. The Bertz CT molecular complexity index is 791. The third-order valence-corrected chi connectivity index (χ3v) is 4.54. The van der Waals surface area contributed by atoms with Crippen molar-refractivity contribution in [3.8, 4) is 5.69 Å². The molecule has 0 aliphatic heterocycles. The molecule has 1 aromatic heterocycles. The van der Waals surface area contributed by atoms with Crippen LogP contribution in [-0.4, -0.2) is 31.9 Å². The number of amides is 1. The molecule has 2 aromatic carbocycles. The molecule has 1 N–H and O–H groups in total. The van der Waals surface area contributed by atoms with Crippen molar-refractivity contribution in [3.05, 3.63) is 58.2 Å². The van der Waals surface area contributed by atoms with Crippen LogP contribution in [-0.2, 0) is 4.79 Å². The summed E-state index contributed by atoms with van der Waals surface area (Å²) in [6.45, 7) is 0. The Balaban J connectivity index is 1.62. The molecule has 0 bridgehead atoms. The van der Waals surface area contributed by atoms with Crippen LogP contribution < -0.4 is 5.32 Å². The van der Waals surface area contributed by atoms with Crippen molar-refractivity contribution in [2.24, 2.45) is 0 Å². The number of hydrogen-bond donors (Lipinski definition) is 1. The molecule has 1 amide bonds. The highest BCUT2D eigenvalue weighted by molar-refractivity contribution is 14.1. The summed E-state index contributed by atoms with van der Waals surface area (Å²) in [5.74, 6) is 0.137. The maximum Gasteiger partial charge on any atom is 0.234 e. The second-order valence-electron chi connectivity index (χ2n) is 4.55. The number of para-hydroxylation sites is 1. The number of benzene rings is 2. The lowest BCUT2D eigenvalue weighted by Crippen LogP contribution is -2.14. The van der Waals surface area contributed by atoms with Gasteiger partial charge in [0.15, 0.2) is 0 Å². The fraction of sp³-hybridized carbons (Fsp3) is 0.0667. The zero-order valence-corrected chi connectivity index (χ0v) is 14.9. The Morgan fingerprint density at radius 2 is 1.87 bits per heavy atom. The van der Waals surface area contributed by atoms with Gasteiger partial charge in [0, 0.05) is 9.26 Å². The zero-order chi connectivity index (χ0) is 16.1. The van der Waals surface area contributed by atoms with Crippen LogP contribution in [0.25, 0.3) is 5.69 Å². The van der Waals surface area contributed by atoms with Crippen molar-refractivity contribution in [2.45, 2.75) is 5.16 Å². The zero-order valence-electron chi connectivity index (χ0n) is 11.9. The number of thioether (sulfide) groups is 1. The highest BCUT2D eigenvalue weighted by atomic mass is 127. The Hall–Kier alpha value is -1.94. The van der Waals surface area contributed by atoms with E-state index in [0.29, 0.717) is 5.16 Å². The van der Waals surface area contributed by atoms with Crippen LogP contribution in [0.1, 0.15) is 0 Å². The van der Waals surface area contributed by atoms with Crippen LogP contribution >= 0.6 is 34.4 Å². The summed E-state index contributed by atoms with van der Waals surface area (Å²) in [7, 11) is 0. The lowest BCUT2D eigenvalue weighted by Gasteiger charge is -2.06. The lowest BCUT2D eigenvalue weighted by molar-refractivity contribution is -0.113. The molecule has 0 fully saturated rings. The van der Waals surface area contributed by atoms with E-state index in [9.17, 15) is 4.79 Å². The summed E-state index contributed by atoms with van der Waals surface area (Å²) in [4.78, 5) is 12.0. The van der Waals surface area contributed by atoms with Gasteiger partial charge in [0.2, 0.25) is 11.1 Å². The fourth-order valence-electron chi connectivity index (χ4n) is 1.86. The minimum absolute atomic E-state index is 0.0983. The molecule has 8 heteroatoms. The number of halogens is 1. The van der Waals surface area contributed by atoms with Gasteiger partial charge in [-0.3, -0.25) is 4.79 Å². The van der Waals surface area contributed by atoms with Crippen molar-refractivity contribution in [3.63, 3.8) is 0 Å².